The number of para-hydroxylation sites is 1. The summed E-state index contributed by atoms with van der Waals surface area (Å²) in [6.45, 7) is 2.52. The Morgan fingerprint density at radius 2 is 2.12 bits per heavy atom. The maximum atomic E-state index is 12.1. The Hall–Kier alpha value is -2.63. The third kappa shape index (κ3) is 4.71. The molecule has 2 aromatic carbocycles. The Morgan fingerprint density at radius 1 is 1.27 bits per heavy atom. The number of anilines is 1. The van der Waals surface area contributed by atoms with Crippen LogP contribution in [0.25, 0.3) is 17.3 Å². The van der Waals surface area contributed by atoms with E-state index in [9.17, 15) is 4.79 Å². The predicted octanol–water partition coefficient (Wildman–Crippen LogP) is 5.51. The van der Waals surface area contributed by atoms with E-state index in [1.54, 1.807) is 18.2 Å². The number of ether oxygens (including phenoxy) is 1. The van der Waals surface area contributed by atoms with Crippen molar-refractivity contribution in [3.05, 3.63) is 70.6 Å². The molecule has 0 aliphatic heterocycles. The highest BCUT2D eigenvalue weighted by Gasteiger charge is 2.10. The Bertz CT molecular complexity index is 937. The van der Waals surface area contributed by atoms with Crippen LogP contribution in [0.2, 0.25) is 5.02 Å². The van der Waals surface area contributed by atoms with E-state index in [1.165, 1.54) is 17.4 Å². The summed E-state index contributed by atoms with van der Waals surface area (Å²) in [7, 11) is 0. The van der Waals surface area contributed by atoms with E-state index in [-0.39, 0.29) is 5.91 Å². The number of carbonyl (C=O) groups is 1. The van der Waals surface area contributed by atoms with Crippen LogP contribution < -0.4 is 10.1 Å². The van der Waals surface area contributed by atoms with Crippen molar-refractivity contribution < 1.29 is 9.53 Å². The van der Waals surface area contributed by atoms with Gasteiger partial charge in [0, 0.05) is 22.0 Å². The highest BCUT2D eigenvalue weighted by atomic mass is 35.5. The minimum atomic E-state index is -0.246. The van der Waals surface area contributed by atoms with Gasteiger partial charge in [-0.05, 0) is 42.8 Å². The second kappa shape index (κ2) is 8.65. The minimum absolute atomic E-state index is 0.246. The van der Waals surface area contributed by atoms with Crippen molar-refractivity contribution >= 4 is 40.1 Å². The van der Waals surface area contributed by atoms with Gasteiger partial charge in [0.2, 0.25) is 5.91 Å². The van der Waals surface area contributed by atoms with Crippen molar-refractivity contribution in [1.82, 2.24) is 4.98 Å². The molecule has 132 valence electrons. The van der Waals surface area contributed by atoms with Crippen LogP contribution in [0.4, 0.5) is 5.13 Å². The zero-order valence-electron chi connectivity index (χ0n) is 14.1. The average Bonchev–Trinajstić information content (AvgIpc) is 3.09. The lowest BCUT2D eigenvalue weighted by molar-refractivity contribution is -0.111. The minimum Gasteiger partial charge on any atom is -0.493 e. The summed E-state index contributed by atoms with van der Waals surface area (Å²) >= 11 is 7.30. The normalized spacial score (nSPS) is 10.8. The van der Waals surface area contributed by atoms with Crippen LogP contribution >= 0.6 is 22.9 Å². The number of rotatable bonds is 6. The Balaban J connectivity index is 1.70. The van der Waals surface area contributed by atoms with Crippen LogP contribution in [-0.4, -0.2) is 17.5 Å². The number of carbonyl (C=O) groups excluding carboxylic acids is 1. The fraction of sp³-hybridized carbons (Fsp3) is 0.100. The van der Waals surface area contributed by atoms with E-state index in [1.807, 2.05) is 48.7 Å². The summed E-state index contributed by atoms with van der Waals surface area (Å²) in [5, 5.41) is 5.84. The molecule has 1 N–H and O–H groups in total. The molecular weight excluding hydrogens is 368 g/mol. The van der Waals surface area contributed by atoms with Crippen LogP contribution in [0.15, 0.2) is 60.0 Å². The highest BCUT2D eigenvalue weighted by Crippen LogP contribution is 2.32. The topological polar surface area (TPSA) is 51.2 Å². The number of thiazole rings is 1. The first-order valence-corrected chi connectivity index (χ1v) is 9.34. The van der Waals surface area contributed by atoms with E-state index < -0.39 is 0 Å². The second-order valence-corrected chi connectivity index (χ2v) is 6.64. The molecule has 6 heteroatoms. The van der Waals surface area contributed by atoms with Gasteiger partial charge in [0.1, 0.15) is 5.75 Å². The molecule has 3 rings (SSSR count). The number of amides is 1. The average molecular weight is 385 g/mol. The van der Waals surface area contributed by atoms with Crippen molar-refractivity contribution in [2.75, 3.05) is 11.9 Å². The van der Waals surface area contributed by atoms with Crippen molar-refractivity contribution in [1.29, 1.82) is 0 Å². The van der Waals surface area contributed by atoms with Gasteiger partial charge in [0.05, 0.1) is 12.3 Å². The first kappa shape index (κ1) is 18.2. The molecule has 0 aliphatic rings. The van der Waals surface area contributed by atoms with E-state index in [0.29, 0.717) is 16.8 Å². The zero-order chi connectivity index (χ0) is 18.4. The summed E-state index contributed by atoms with van der Waals surface area (Å²) < 4.78 is 5.63. The van der Waals surface area contributed by atoms with Gasteiger partial charge in [0.15, 0.2) is 5.13 Å². The lowest BCUT2D eigenvalue weighted by Gasteiger charge is -2.07. The molecule has 0 fully saturated rings. The van der Waals surface area contributed by atoms with E-state index in [2.05, 4.69) is 10.3 Å². The summed E-state index contributed by atoms with van der Waals surface area (Å²) in [6.07, 6.45) is 3.17. The SMILES string of the molecule is CCOc1ccccc1-c1csc(NC(=O)/C=C/c2cccc(Cl)c2)n1. The number of aromatic nitrogens is 1. The van der Waals surface area contributed by atoms with E-state index in [0.717, 1.165) is 22.6 Å². The first-order valence-electron chi connectivity index (χ1n) is 8.08. The number of hydrogen-bond acceptors (Lipinski definition) is 4. The van der Waals surface area contributed by atoms with Gasteiger partial charge < -0.3 is 4.74 Å². The fourth-order valence-corrected chi connectivity index (χ4v) is 3.26. The van der Waals surface area contributed by atoms with Gasteiger partial charge in [-0.3, -0.25) is 10.1 Å². The molecule has 4 nitrogen and oxygen atoms in total. The van der Waals surface area contributed by atoms with E-state index >= 15 is 0 Å². The molecule has 0 bridgehead atoms. The number of hydrogen-bond donors (Lipinski definition) is 1. The Labute approximate surface area is 161 Å². The van der Waals surface area contributed by atoms with Gasteiger partial charge in [-0.25, -0.2) is 4.98 Å². The molecule has 0 saturated carbocycles. The largest absolute Gasteiger partial charge is 0.493 e. The van der Waals surface area contributed by atoms with Gasteiger partial charge >= 0.3 is 0 Å². The molecule has 0 radical (unpaired) electrons. The highest BCUT2D eigenvalue weighted by molar-refractivity contribution is 7.14. The lowest BCUT2D eigenvalue weighted by Crippen LogP contribution is -2.07. The first-order chi connectivity index (χ1) is 12.7. The van der Waals surface area contributed by atoms with Crippen molar-refractivity contribution in [2.24, 2.45) is 0 Å². The molecule has 0 atom stereocenters. The number of benzene rings is 2. The Morgan fingerprint density at radius 3 is 2.92 bits per heavy atom. The van der Waals surface area contributed by atoms with Crippen molar-refractivity contribution in [3.8, 4) is 17.0 Å². The quantitative estimate of drug-likeness (QED) is 0.570. The molecule has 1 amide bonds. The van der Waals surface area contributed by atoms with Crippen LogP contribution in [0.3, 0.4) is 0 Å². The number of halogens is 1. The zero-order valence-corrected chi connectivity index (χ0v) is 15.7. The van der Waals surface area contributed by atoms with Gasteiger partial charge in [0.25, 0.3) is 0 Å². The van der Waals surface area contributed by atoms with Gasteiger partial charge in [-0.1, -0.05) is 35.9 Å². The lowest BCUT2D eigenvalue weighted by atomic mass is 10.1. The number of nitrogens with zero attached hydrogens (tertiary/aromatic N) is 1. The van der Waals surface area contributed by atoms with Crippen LogP contribution in [0.1, 0.15) is 12.5 Å². The van der Waals surface area contributed by atoms with Crippen molar-refractivity contribution in [3.63, 3.8) is 0 Å². The maximum Gasteiger partial charge on any atom is 0.250 e. The third-order valence-corrected chi connectivity index (χ3v) is 4.47. The van der Waals surface area contributed by atoms with Crippen molar-refractivity contribution in [2.45, 2.75) is 6.92 Å². The van der Waals surface area contributed by atoms with Crippen LogP contribution in [0.5, 0.6) is 5.75 Å². The summed E-state index contributed by atoms with van der Waals surface area (Å²) in [5.41, 5.74) is 2.53. The third-order valence-electron chi connectivity index (χ3n) is 3.47. The molecule has 0 saturated heterocycles. The van der Waals surface area contributed by atoms with Crippen LogP contribution in [-0.2, 0) is 4.79 Å². The second-order valence-electron chi connectivity index (χ2n) is 5.34. The molecule has 26 heavy (non-hydrogen) atoms. The summed E-state index contributed by atoms with van der Waals surface area (Å²) in [5.74, 6) is 0.531. The molecule has 3 aromatic rings. The Kier molecular flexibility index (Phi) is 6.04. The standard InChI is InChI=1S/C20H17ClN2O2S/c1-2-25-18-9-4-3-8-16(18)17-13-26-20(22-17)23-19(24)11-10-14-6-5-7-15(21)12-14/h3-13H,2H2,1H3,(H,22,23,24)/b11-10+. The summed E-state index contributed by atoms with van der Waals surface area (Å²) in [6, 6.07) is 15.0. The molecule has 0 unspecified atom stereocenters. The van der Waals surface area contributed by atoms with E-state index in [4.69, 9.17) is 16.3 Å². The van der Waals surface area contributed by atoms with Gasteiger partial charge in [-0.15, -0.1) is 11.3 Å². The van der Waals surface area contributed by atoms with Gasteiger partial charge in [-0.2, -0.15) is 0 Å². The van der Waals surface area contributed by atoms with Crippen LogP contribution in [0, 0.1) is 0 Å². The molecule has 1 aromatic heterocycles. The summed E-state index contributed by atoms with van der Waals surface area (Å²) in [4.78, 5) is 16.6. The molecular formula is C20H17ClN2O2S. The smallest absolute Gasteiger partial charge is 0.250 e. The maximum absolute atomic E-state index is 12.1. The molecule has 0 spiro atoms. The monoisotopic (exact) mass is 384 g/mol. The molecule has 1 heterocycles. The predicted molar refractivity (Wildman–Crippen MR) is 108 cm³/mol. The fourth-order valence-electron chi connectivity index (χ4n) is 2.34. The number of nitrogens with one attached hydrogen (secondary N) is 1. The molecule has 0 aliphatic carbocycles.